The number of hydrogen-bond donors (Lipinski definition) is 4. The molecule has 0 aromatic heterocycles. The zero-order chi connectivity index (χ0) is 24.4. The Hall–Kier alpha value is -3.39. The zero-order valence-electron chi connectivity index (χ0n) is 19.3. The van der Waals surface area contributed by atoms with Crippen LogP contribution in [0.3, 0.4) is 0 Å². The van der Waals surface area contributed by atoms with Crippen LogP contribution in [0.1, 0.15) is 43.9 Å². The van der Waals surface area contributed by atoms with Gasteiger partial charge in [-0.2, -0.15) is 0 Å². The SMILES string of the molecule is CC(C)(C)c1ccc(C[C@@H](NC(=O)C[C@@H](O)CNC(=O)OCc2ccccc2)C(N)=O)cc1. The van der Waals surface area contributed by atoms with Gasteiger partial charge < -0.3 is 26.2 Å². The second-order valence-electron chi connectivity index (χ2n) is 8.97. The van der Waals surface area contributed by atoms with Gasteiger partial charge >= 0.3 is 6.09 Å². The predicted molar refractivity (Wildman–Crippen MR) is 125 cm³/mol. The molecule has 2 aromatic carbocycles. The number of carbonyl (C=O) groups is 3. The lowest BCUT2D eigenvalue weighted by molar-refractivity contribution is -0.128. The van der Waals surface area contributed by atoms with Crippen LogP contribution in [0.5, 0.6) is 0 Å². The van der Waals surface area contributed by atoms with Gasteiger partial charge in [0.2, 0.25) is 11.8 Å². The Bertz CT molecular complexity index is 923. The van der Waals surface area contributed by atoms with Gasteiger partial charge in [-0.05, 0) is 22.1 Å². The van der Waals surface area contributed by atoms with Crippen molar-refractivity contribution in [2.45, 2.75) is 57.8 Å². The van der Waals surface area contributed by atoms with Crippen LogP contribution in [0.15, 0.2) is 54.6 Å². The lowest BCUT2D eigenvalue weighted by Crippen LogP contribution is -2.47. The summed E-state index contributed by atoms with van der Waals surface area (Å²) in [6.45, 7) is 6.25. The van der Waals surface area contributed by atoms with Crippen molar-refractivity contribution in [1.29, 1.82) is 0 Å². The Morgan fingerprint density at radius 1 is 1.00 bits per heavy atom. The number of ether oxygens (including phenoxy) is 1. The fourth-order valence-electron chi connectivity index (χ4n) is 3.11. The molecule has 8 heteroatoms. The second-order valence-corrected chi connectivity index (χ2v) is 8.97. The van der Waals surface area contributed by atoms with E-state index in [0.29, 0.717) is 0 Å². The van der Waals surface area contributed by atoms with Gasteiger partial charge in [-0.1, -0.05) is 75.4 Å². The largest absolute Gasteiger partial charge is 0.445 e. The summed E-state index contributed by atoms with van der Waals surface area (Å²) >= 11 is 0. The molecule has 0 unspecified atom stereocenters. The summed E-state index contributed by atoms with van der Waals surface area (Å²) in [6, 6.07) is 16.0. The number of hydrogen-bond acceptors (Lipinski definition) is 5. The number of benzene rings is 2. The number of nitrogens with one attached hydrogen (secondary N) is 2. The Balaban J connectivity index is 1.77. The number of aliphatic hydroxyl groups excluding tert-OH is 1. The van der Waals surface area contributed by atoms with Crippen LogP contribution in [0.25, 0.3) is 0 Å². The average Bonchev–Trinajstić information content (AvgIpc) is 2.76. The molecule has 2 rings (SSSR count). The minimum Gasteiger partial charge on any atom is -0.445 e. The van der Waals surface area contributed by atoms with Gasteiger partial charge in [-0.15, -0.1) is 0 Å². The number of amides is 3. The summed E-state index contributed by atoms with van der Waals surface area (Å²) in [5.41, 5.74) is 8.31. The standard InChI is InChI=1S/C25H33N3O5/c1-25(2,3)19-11-9-17(10-12-19)13-21(23(26)31)28-22(30)14-20(29)15-27-24(32)33-16-18-7-5-4-6-8-18/h4-12,20-21,29H,13-16H2,1-3H3,(H2,26,31)(H,27,32)(H,28,30)/t20-,21-/m1/s1. The van der Waals surface area contributed by atoms with Crippen molar-refractivity contribution in [3.8, 4) is 0 Å². The van der Waals surface area contributed by atoms with E-state index in [9.17, 15) is 19.5 Å². The lowest BCUT2D eigenvalue weighted by Gasteiger charge is -2.20. The normalized spacial score (nSPS) is 13.0. The van der Waals surface area contributed by atoms with Crippen molar-refractivity contribution < 1.29 is 24.2 Å². The van der Waals surface area contributed by atoms with E-state index in [1.54, 1.807) is 0 Å². The molecule has 2 aromatic rings. The first-order chi connectivity index (χ1) is 15.5. The molecule has 0 saturated carbocycles. The predicted octanol–water partition coefficient (Wildman–Crippen LogP) is 2.17. The molecule has 0 aliphatic carbocycles. The van der Waals surface area contributed by atoms with Crippen molar-refractivity contribution in [2.75, 3.05) is 6.54 Å². The summed E-state index contributed by atoms with van der Waals surface area (Å²) in [7, 11) is 0. The van der Waals surface area contributed by atoms with Crippen molar-refractivity contribution in [3.63, 3.8) is 0 Å². The molecule has 0 aliphatic heterocycles. The quantitative estimate of drug-likeness (QED) is 0.436. The number of carbonyl (C=O) groups excluding carboxylic acids is 3. The average molecular weight is 456 g/mol. The highest BCUT2D eigenvalue weighted by atomic mass is 16.5. The molecule has 8 nitrogen and oxygen atoms in total. The lowest BCUT2D eigenvalue weighted by atomic mass is 9.86. The first-order valence-corrected chi connectivity index (χ1v) is 10.9. The summed E-state index contributed by atoms with van der Waals surface area (Å²) in [5.74, 6) is -1.21. The second kappa shape index (κ2) is 12.0. The van der Waals surface area contributed by atoms with E-state index in [1.165, 1.54) is 0 Å². The molecule has 0 radical (unpaired) electrons. The van der Waals surface area contributed by atoms with Gasteiger partial charge in [-0.3, -0.25) is 9.59 Å². The molecule has 0 fully saturated rings. The maximum atomic E-state index is 12.3. The van der Waals surface area contributed by atoms with E-state index in [-0.39, 0.29) is 31.4 Å². The van der Waals surface area contributed by atoms with Crippen molar-refractivity contribution in [2.24, 2.45) is 5.73 Å². The number of rotatable bonds is 10. The molecule has 0 spiro atoms. The molecular weight excluding hydrogens is 422 g/mol. The van der Waals surface area contributed by atoms with Gasteiger partial charge in [0, 0.05) is 13.0 Å². The third kappa shape index (κ3) is 9.33. The first-order valence-electron chi connectivity index (χ1n) is 10.9. The zero-order valence-corrected chi connectivity index (χ0v) is 19.3. The molecule has 0 heterocycles. The van der Waals surface area contributed by atoms with Gasteiger partial charge in [-0.25, -0.2) is 4.79 Å². The topological polar surface area (TPSA) is 131 Å². The maximum absolute atomic E-state index is 12.3. The molecule has 5 N–H and O–H groups in total. The molecule has 2 atom stereocenters. The fraction of sp³-hybridized carbons (Fsp3) is 0.400. The van der Waals surface area contributed by atoms with Crippen LogP contribution in [-0.2, 0) is 32.8 Å². The first kappa shape index (κ1) is 25.9. The minimum atomic E-state index is -1.14. The molecule has 0 saturated heterocycles. The van der Waals surface area contributed by atoms with Crippen LogP contribution in [0, 0.1) is 0 Å². The molecule has 178 valence electrons. The highest BCUT2D eigenvalue weighted by Gasteiger charge is 2.21. The van der Waals surface area contributed by atoms with E-state index >= 15 is 0 Å². The van der Waals surface area contributed by atoms with Crippen LogP contribution >= 0.6 is 0 Å². The minimum absolute atomic E-state index is 0.00791. The van der Waals surface area contributed by atoms with Gasteiger partial charge in [0.1, 0.15) is 12.6 Å². The third-order valence-electron chi connectivity index (χ3n) is 5.05. The smallest absolute Gasteiger partial charge is 0.407 e. The molecular formula is C25H33N3O5. The van der Waals surface area contributed by atoms with Crippen molar-refractivity contribution in [1.82, 2.24) is 10.6 Å². The summed E-state index contributed by atoms with van der Waals surface area (Å²) in [5, 5.41) is 15.0. The molecule has 0 bridgehead atoms. The van der Waals surface area contributed by atoms with E-state index in [4.69, 9.17) is 10.5 Å². The van der Waals surface area contributed by atoms with Gasteiger partial charge in [0.25, 0.3) is 0 Å². The Labute approximate surface area is 194 Å². The van der Waals surface area contributed by atoms with Crippen molar-refractivity contribution in [3.05, 3.63) is 71.3 Å². The summed E-state index contributed by atoms with van der Waals surface area (Å²) in [6.07, 6.45) is -1.90. The maximum Gasteiger partial charge on any atom is 0.407 e. The van der Waals surface area contributed by atoms with E-state index in [2.05, 4.69) is 31.4 Å². The highest BCUT2D eigenvalue weighted by Crippen LogP contribution is 2.22. The third-order valence-corrected chi connectivity index (χ3v) is 5.05. The van der Waals surface area contributed by atoms with Gasteiger partial charge in [0.05, 0.1) is 12.5 Å². The Kier molecular flexibility index (Phi) is 9.42. The number of nitrogens with two attached hydrogens (primary N) is 1. The molecule has 0 aliphatic rings. The fourth-order valence-corrected chi connectivity index (χ4v) is 3.11. The van der Waals surface area contributed by atoms with Crippen molar-refractivity contribution >= 4 is 17.9 Å². The van der Waals surface area contributed by atoms with E-state index in [0.717, 1.165) is 16.7 Å². The van der Waals surface area contributed by atoms with Crippen LogP contribution in [0.2, 0.25) is 0 Å². The van der Waals surface area contributed by atoms with Crippen LogP contribution in [0.4, 0.5) is 4.79 Å². The number of alkyl carbamates (subject to hydrolysis) is 1. The summed E-state index contributed by atoms with van der Waals surface area (Å²) < 4.78 is 5.05. The van der Waals surface area contributed by atoms with Crippen LogP contribution in [-0.4, -0.2) is 41.7 Å². The van der Waals surface area contributed by atoms with E-state index < -0.39 is 30.1 Å². The highest BCUT2D eigenvalue weighted by molar-refractivity contribution is 5.87. The van der Waals surface area contributed by atoms with E-state index in [1.807, 2.05) is 54.6 Å². The molecule has 3 amide bonds. The number of primary amides is 1. The summed E-state index contributed by atoms with van der Waals surface area (Å²) in [4.78, 5) is 35.9. The van der Waals surface area contributed by atoms with Gasteiger partial charge in [0.15, 0.2) is 0 Å². The molecule has 33 heavy (non-hydrogen) atoms. The Morgan fingerprint density at radius 3 is 2.21 bits per heavy atom. The number of aliphatic hydroxyl groups is 1. The monoisotopic (exact) mass is 455 g/mol. The van der Waals surface area contributed by atoms with Crippen LogP contribution < -0.4 is 16.4 Å². The Morgan fingerprint density at radius 2 is 1.64 bits per heavy atom.